The number of hydrogen-bond acceptors (Lipinski definition) is 5. The Balaban J connectivity index is 1.54. The molecule has 0 fully saturated rings. The Hall–Kier alpha value is -3.43. The monoisotopic (exact) mass is 436 g/mol. The summed E-state index contributed by atoms with van der Waals surface area (Å²) in [4.78, 5) is 17.9. The van der Waals surface area contributed by atoms with Gasteiger partial charge in [-0.2, -0.15) is 4.31 Å². The zero-order valence-electron chi connectivity index (χ0n) is 16.8. The van der Waals surface area contributed by atoms with E-state index < -0.39 is 10.0 Å². The number of ether oxygens (including phenoxy) is 1. The third kappa shape index (κ3) is 3.31. The van der Waals surface area contributed by atoms with E-state index in [0.29, 0.717) is 29.1 Å². The average Bonchev–Trinajstić information content (AvgIpc) is 3.24. The predicted octanol–water partition coefficient (Wildman–Crippen LogP) is 2.45. The first kappa shape index (κ1) is 19.5. The minimum absolute atomic E-state index is 0.0245. The minimum Gasteiger partial charge on any atom is -0.497 e. The molecule has 0 unspecified atom stereocenters. The van der Waals surface area contributed by atoms with E-state index in [0.717, 1.165) is 11.3 Å². The zero-order valence-corrected chi connectivity index (χ0v) is 17.6. The van der Waals surface area contributed by atoms with E-state index in [1.165, 1.54) is 28.1 Å². The number of sulfonamides is 1. The van der Waals surface area contributed by atoms with Crippen molar-refractivity contribution in [3.8, 4) is 17.0 Å². The number of nitrogens with one attached hydrogen (secondary N) is 1. The van der Waals surface area contributed by atoms with Crippen LogP contribution in [-0.4, -0.2) is 41.0 Å². The molecule has 158 valence electrons. The first-order chi connectivity index (χ1) is 15.0. The van der Waals surface area contributed by atoms with Gasteiger partial charge in [-0.25, -0.2) is 17.9 Å². The number of methoxy groups -OCH3 is 1. The molecule has 31 heavy (non-hydrogen) atoms. The van der Waals surface area contributed by atoms with Crippen molar-refractivity contribution in [1.82, 2.24) is 18.9 Å². The molecule has 2 aromatic carbocycles. The number of fused-ring (bicyclic) bond motifs is 2. The number of benzene rings is 2. The number of H-pyrrole nitrogens is 1. The summed E-state index contributed by atoms with van der Waals surface area (Å²) in [5.74, 6) is 0.460. The van der Waals surface area contributed by atoms with Crippen LogP contribution in [-0.2, 0) is 23.0 Å². The molecule has 1 N–H and O–H groups in total. The summed E-state index contributed by atoms with van der Waals surface area (Å²) in [5.41, 5.74) is 2.97. The maximum absolute atomic E-state index is 13.2. The summed E-state index contributed by atoms with van der Waals surface area (Å²) in [6.45, 7) is 0.231. The minimum atomic E-state index is -3.78. The molecular weight excluding hydrogens is 416 g/mol. The van der Waals surface area contributed by atoms with E-state index in [1.807, 2.05) is 36.4 Å². The Morgan fingerprint density at radius 3 is 2.65 bits per heavy atom. The van der Waals surface area contributed by atoms with Gasteiger partial charge in [0.2, 0.25) is 10.0 Å². The van der Waals surface area contributed by atoms with Gasteiger partial charge < -0.3 is 4.74 Å². The quantitative estimate of drug-likeness (QED) is 0.530. The fourth-order valence-corrected chi connectivity index (χ4v) is 5.28. The Morgan fingerprint density at radius 2 is 1.87 bits per heavy atom. The summed E-state index contributed by atoms with van der Waals surface area (Å²) in [5, 5.41) is 3.09. The molecule has 0 radical (unpaired) electrons. The molecule has 4 aromatic rings. The van der Waals surface area contributed by atoms with Crippen molar-refractivity contribution in [2.24, 2.45) is 0 Å². The third-order valence-corrected chi connectivity index (χ3v) is 7.33. The van der Waals surface area contributed by atoms with E-state index in [2.05, 4.69) is 10.1 Å². The van der Waals surface area contributed by atoms with Gasteiger partial charge in [-0.05, 0) is 17.7 Å². The Labute approximate surface area is 178 Å². The lowest BCUT2D eigenvalue weighted by Gasteiger charge is -2.27. The van der Waals surface area contributed by atoms with E-state index >= 15 is 0 Å². The largest absolute Gasteiger partial charge is 0.497 e. The van der Waals surface area contributed by atoms with Gasteiger partial charge in [0.05, 0.1) is 29.0 Å². The first-order valence-electron chi connectivity index (χ1n) is 9.80. The van der Waals surface area contributed by atoms with Gasteiger partial charge in [0.15, 0.2) is 5.65 Å². The molecule has 0 aliphatic carbocycles. The van der Waals surface area contributed by atoms with E-state index in [-0.39, 0.29) is 23.5 Å². The number of hydrogen-bond donors (Lipinski definition) is 1. The lowest BCUT2D eigenvalue weighted by molar-refractivity contribution is 0.383. The summed E-state index contributed by atoms with van der Waals surface area (Å²) in [6, 6.07) is 17.8. The van der Waals surface area contributed by atoms with Crippen molar-refractivity contribution in [3.05, 3.63) is 82.3 Å². The van der Waals surface area contributed by atoms with Crippen LogP contribution in [0.15, 0.2) is 70.4 Å². The first-order valence-corrected chi connectivity index (χ1v) is 11.2. The van der Waals surface area contributed by atoms with Crippen molar-refractivity contribution in [3.63, 3.8) is 0 Å². The summed E-state index contributed by atoms with van der Waals surface area (Å²) < 4.78 is 34.2. The molecule has 3 heterocycles. The maximum atomic E-state index is 13.2. The van der Waals surface area contributed by atoms with Crippen LogP contribution in [0.25, 0.3) is 16.9 Å². The molecule has 0 atom stereocenters. The average molecular weight is 436 g/mol. The third-order valence-electron chi connectivity index (χ3n) is 5.49. The van der Waals surface area contributed by atoms with Crippen LogP contribution in [0.3, 0.4) is 0 Å². The highest BCUT2D eigenvalue weighted by molar-refractivity contribution is 7.89. The molecule has 9 heteroatoms. The Morgan fingerprint density at radius 1 is 1.06 bits per heavy atom. The number of rotatable bonds is 4. The van der Waals surface area contributed by atoms with Crippen LogP contribution in [0.4, 0.5) is 0 Å². The molecule has 0 saturated heterocycles. The number of nitrogens with zero attached hydrogens (tertiary/aromatic N) is 3. The number of aromatic amines is 1. The highest BCUT2D eigenvalue weighted by Gasteiger charge is 2.31. The van der Waals surface area contributed by atoms with Gasteiger partial charge in [0.25, 0.3) is 5.56 Å². The van der Waals surface area contributed by atoms with Crippen molar-refractivity contribution in [1.29, 1.82) is 0 Å². The maximum Gasteiger partial charge on any atom is 0.277 e. The summed E-state index contributed by atoms with van der Waals surface area (Å²) in [6.07, 6.45) is 0.371. The Bertz CT molecular complexity index is 1440. The topological polar surface area (TPSA) is 96.8 Å². The predicted molar refractivity (Wildman–Crippen MR) is 116 cm³/mol. The van der Waals surface area contributed by atoms with Crippen LogP contribution >= 0.6 is 0 Å². The second kappa shape index (κ2) is 7.36. The van der Waals surface area contributed by atoms with E-state index in [9.17, 15) is 13.2 Å². The van der Waals surface area contributed by atoms with Gasteiger partial charge >= 0.3 is 0 Å². The SMILES string of the molecule is COc1cccc(S(=O)(=O)N2CCc3nc4cc(-c5ccccc5)[nH]n4c(=O)c3C2)c1. The fourth-order valence-electron chi connectivity index (χ4n) is 3.84. The van der Waals surface area contributed by atoms with Gasteiger partial charge in [0.1, 0.15) is 5.75 Å². The molecule has 0 amide bonds. The fraction of sp³-hybridized carbons (Fsp3) is 0.182. The van der Waals surface area contributed by atoms with Crippen LogP contribution in [0.5, 0.6) is 5.75 Å². The second-order valence-corrected chi connectivity index (χ2v) is 9.28. The lowest BCUT2D eigenvalue weighted by Crippen LogP contribution is -2.40. The molecule has 8 nitrogen and oxygen atoms in total. The van der Waals surface area contributed by atoms with Gasteiger partial charge in [-0.3, -0.25) is 9.89 Å². The van der Waals surface area contributed by atoms with Crippen LogP contribution < -0.4 is 10.3 Å². The van der Waals surface area contributed by atoms with Crippen molar-refractivity contribution in [2.75, 3.05) is 13.7 Å². The standard InChI is InChI=1S/C22H20N4O4S/c1-30-16-8-5-9-17(12-16)31(28,29)25-11-10-19-18(14-25)22(27)26-21(23-19)13-20(24-26)15-6-3-2-4-7-15/h2-9,12-13,24H,10-11,14H2,1H3. The highest BCUT2D eigenvalue weighted by Crippen LogP contribution is 2.26. The second-order valence-electron chi connectivity index (χ2n) is 7.34. The molecule has 2 aromatic heterocycles. The summed E-state index contributed by atoms with van der Waals surface area (Å²) in [7, 11) is -2.29. The molecule has 1 aliphatic heterocycles. The van der Waals surface area contributed by atoms with Crippen LogP contribution in [0, 0.1) is 0 Å². The normalized spacial score (nSPS) is 14.5. The zero-order chi connectivity index (χ0) is 21.6. The lowest BCUT2D eigenvalue weighted by atomic mass is 10.1. The molecule has 0 saturated carbocycles. The van der Waals surface area contributed by atoms with Crippen molar-refractivity contribution >= 4 is 15.7 Å². The van der Waals surface area contributed by atoms with Crippen molar-refractivity contribution < 1.29 is 13.2 Å². The smallest absolute Gasteiger partial charge is 0.277 e. The molecular formula is C22H20N4O4S. The molecule has 0 spiro atoms. The molecule has 5 rings (SSSR count). The number of aromatic nitrogens is 3. The summed E-state index contributed by atoms with van der Waals surface area (Å²) >= 11 is 0. The van der Waals surface area contributed by atoms with Gasteiger partial charge in [0, 0.05) is 31.6 Å². The van der Waals surface area contributed by atoms with Gasteiger partial charge in [-0.15, -0.1) is 0 Å². The highest BCUT2D eigenvalue weighted by atomic mass is 32.2. The van der Waals surface area contributed by atoms with Crippen molar-refractivity contribution in [2.45, 2.75) is 17.9 Å². The molecule has 1 aliphatic rings. The van der Waals surface area contributed by atoms with Crippen LogP contribution in [0.2, 0.25) is 0 Å². The Kier molecular flexibility index (Phi) is 4.64. The van der Waals surface area contributed by atoms with E-state index in [1.54, 1.807) is 12.1 Å². The van der Waals surface area contributed by atoms with Crippen LogP contribution in [0.1, 0.15) is 11.3 Å². The van der Waals surface area contributed by atoms with Gasteiger partial charge in [-0.1, -0.05) is 36.4 Å². The van der Waals surface area contributed by atoms with E-state index in [4.69, 9.17) is 4.74 Å². The molecule has 0 bridgehead atoms.